The lowest BCUT2D eigenvalue weighted by Gasteiger charge is -2.16. The molecule has 60 valence electrons. The molecule has 3 nitrogen and oxygen atoms in total. The van der Waals surface area contributed by atoms with Crippen molar-refractivity contribution in [1.82, 2.24) is 4.90 Å². The molecule has 0 saturated heterocycles. The highest BCUT2D eigenvalue weighted by Crippen LogP contribution is 1.92. The van der Waals surface area contributed by atoms with Crippen LogP contribution in [-0.2, 0) is 4.79 Å². The van der Waals surface area contributed by atoms with E-state index in [1.807, 2.05) is 13.0 Å². The van der Waals surface area contributed by atoms with E-state index >= 15 is 0 Å². The lowest BCUT2D eigenvalue weighted by Crippen LogP contribution is -2.30. The van der Waals surface area contributed by atoms with Gasteiger partial charge in [-0.05, 0) is 6.92 Å². The number of nitrogens with zero attached hydrogens (tertiary/aromatic N) is 2. The zero-order valence-corrected chi connectivity index (χ0v) is 6.71. The molecule has 0 aromatic heterocycles. The van der Waals surface area contributed by atoms with Crippen LogP contribution in [0.15, 0.2) is 12.7 Å². The molecule has 1 amide bonds. The van der Waals surface area contributed by atoms with Crippen LogP contribution in [0.25, 0.3) is 0 Å². The summed E-state index contributed by atoms with van der Waals surface area (Å²) in [5.74, 6) is -0.130. The lowest BCUT2D eigenvalue weighted by molar-refractivity contribution is -0.129. The molecule has 0 bridgehead atoms. The largest absolute Gasteiger partial charge is 0.338 e. The van der Waals surface area contributed by atoms with Gasteiger partial charge in [-0.25, -0.2) is 0 Å². The molecule has 0 heterocycles. The highest BCUT2D eigenvalue weighted by molar-refractivity contribution is 5.78. The Morgan fingerprint density at radius 2 is 2.45 bits per heavy atom. The summed E-state index contributed by atoms with van der Waals surface area (Å²) in [6.45, 7) is 6.54. The van der Waals surface area contributed by atoms with Gasteiger partial charge in [0.25, 0.3) is 0 Å². The maximum atomic E-state index is 11.0. The molecule has 0 atom stereocenters. The third-order valence-corrected chi connectivity index (χ3v) is 1.31. The first-order valence-corrected chi connectivity index (χ1v) is 3.51. The first-order chi connectivity index (χ1) is 5.26. The Kier molecular flexibility index (Phi) is 4.83. The molecule has 0 aliphatic carbocycles. The number of nitriles is 1. The predicted molar refractivity (Wildman–Crippen MR) is 42.7 cm³/mol. The highest BCUT2D eigenvalue weighted by atomic mass is 16.2. The Morgan fingerprint density at radius 3 is 2.82 bits per heavy atom. The third-order valence-electron chi connectivity index (χ3n) is 1.31. The maximum Gasteiger partial charge on any atom is 0.237 e. The molecule has 0 rings (SSSR count). The molecule has 0 aliphatic rings. The van der Waals surface area contributed by atoms with Crippen molar-refractivity contribution in [3.63, 3.8) is 0 Å². The molecule has 0 aliphatic heterocycles. The quantitative estimate of drug-likeness (QED) is 0.562. The summed E-state index contributed by atoms with van der Waals surface area (Å²) in [5, 5.41) is 8.23. The van der Waals surface area contributed by atoms with Crippen molar-refractivity contribution in [2.75, 3.05) is 13.1 Å². The standard InChI is InChI=1S/C8H12N2O/c1-3-7-10(4-2)8(11)5-6-9/h3H,1,4-5,7H2,2H3. The number of carbonyl (C=O) groups excluding carboxylic acids is 1. The summed E-state index contributed by atoms with van der Waals surface area (Å²) in [5.41, 5.74) is 0. The minimum atomic E-state index is -0.130. The van der Waals surface area contributed by atoms with Gasteiger partial charge in [-0.15, -0.1) is 6.58 Å². The zero-order chi connectivity index (χ0) is 8.69. The van der Waals surface area contributed by atoms with Crippen molar-refractivity contribution in [1.29, 1.82) is 5.26 Å². The van der Waals surface area contributed by atoms with Crippen molar-refractivity contribution in [2.24, 2.45) is 0 Å². The number of rotatable bonds is 4. The first kappa shape index (κ1) is 9.70. The van der Waals surface area contributed by atoms with E-state index in [-0.39, 0.29) is 12.3 Å². The minimum Gasteiger partial charge on any atom is -0.338 e. The predicted octanol–water partition coefficient (Wildman–Crippen LogP) is 0.935. The van der Waals surface area contributed by atoms with Crippen molar-refractivity contribution in [2.45, 2.75) is 13.3 Å². The molecule has 0 aromatic carbocycles. The van der Waals surface area contributed by atoms with Gasteiger partial charge in [0.05, 0.1) is 6.07 Å². The number of likely N-dealkylation sites (N-methyl/N-ethyl adjacent to an activating group) is 1. The molecule has 0 aromatic rings. The smallest absolute Gasteiger partial charge is 0.237 e. The zero-order valence-electron chi connectivity index (χ0n) is 6.71. The van der Waals surface area contributed by atoms with Crippen molar-refractivity contribution in [3.8, 4) is 6.07 Å². The Labute approximate surface area is 66.9 Å². The van der Waals surface area contributed by atoms with E-state index in [0.29, 0.717) is 13.1 Å². The fraction of sp³-hybridized carbons (Fsp3) is 0.500. The topological polar surface area (TPSA) is 44.1 Å². The summed E-state index contributed by atoms with van der Waals surface area (Å²) in [7, 11) is 0. The number of carbonyl (C=O) groups is 1. The highest BCUT2D eigenvalue weighted by Gasteiger charge is 2.07. The molecular weight excluding hydrogens is 140 g/mol. The fourth-order valence-corrected chi connectivity index (χ4v) is 0.743. The molecule has 0 unspecified atom stereocenters. The average Bonchev–Trinajstić information content (AvgIpc) is 2.00. The molecule has 3 heteroatoms. The van der Waals surface area contributed by atoms with Crippen LogP contribution in [-0.4, -0.2) is 23.9 Å². The Hall–Kier alpha value is -1.30. The van der Waals surface area contributed by atoms with Gasteiger partial charge >= 0.3 is 0 Å². The Morgan fingerprint density at radius 1 is 1.82 bits per heavy atom. The van der Waals surface area contributed by atoms with Gasteiger partial charge in [0.2, 0.25) is 5.91 Å². The van der Waals surface area contributed by atoms with Crippen molar-refractivity contribution >= 4 is 5.91 Å². The van der Waals surface area contributed by atoms with Gasteiger partial charge in [0.1, 0.15) is 6.42 Å². The summed E-state index contributed by atoms with van der Waals surface area (Å²) < 4.78 is 0. The number of hydrogen-bond donors (Lipinski definition) is 0. The summed E-state index contributed by atoms with van der Waals surface area (Å²) in [6, 6.07) is 1.82. The van der Waals surface area contributed by atoms with Crippen LogP contribution in [0.3, 0.4) is 0 Å². The van der Waals surface area contributed by atoms with Crippen LogP contribution in [0.1, 0.15) is 13.3 Å². The van der Waals surface area contributed by atoms with Gasteiger partial charge < -0.3 is 4.90 Å². The third kappa shape index (κ3) is 3.41. The molecule has 11 heavy (non-hydrogen) atoms. The second-order valence-corrected chi connectivity index (χ2v) is 2.06. The first-order valence-electron chi connectivity index (χ1n) is 3.51. The van der Waals surface area contributed by atoms with Crippen molar-refractivity contribution < 1.29 is 4.79 Å². The lowest BCUT2D eigenvalue weighted by atomic mass is 10.3. The Bertz CT molecular complexity index is 181. The SMILES string of the molecule is C=CCN(CC)C(=O)CC#N. The van der Waals surface area contributed by atoms with E-state index in [1.54, 1.807) is 11.0 Å². The van der Waals surface area contributed by atoms with Crippen LogP contribution in [0.2, 0.25) is 0 Å². The van der Waals surface area contributed by atoms with Crippen LogP contribution in [0.5, 0.6) is 0 Å². The fourth-order valence-electron chi connectivity index (χ4n) is 0.743. The van der Waals surface area contributed by atoms with E-state index in [0.717, 1.165) is 0 Å². The monoisotopic (exact) mass is 152 g/mol. The second-order valence-electron chi connectivity index (χ2n) is 2.06. The van der Waals surface area contributed by atoms with Gasteiger partial charge in [-0.1, -0.05) is 6.08 Å². The van der Waals surface area contributed by atoms with E-state index < -0.39 is 0 Å². The van der Waals surface area contributed by atoms with Gasteiger partial charge in [-0.3, -0.25) is 4.79 Å². The van der Waals surface area contributed by atoms with Crippen LogP contribution >= 0.6 is 0 Å². The number of hydrogen-bond acceptors (Lipinski definition) is 2. The van der Waals surface area contributed by atoms with E-state index in [1.165, 1.54) is 0 Å². The van der Waals surface area contributed by atoms with Gasteiger partial charge in [0, 0.05) is 13.1 Å². The number of amides is 1. The second kappa shape index (κ2) is 5.48. The van der Waals surface area contributed by atoms with Gasteiger partial charge in [-0.2, -0.15) is 5.26 Å². The molecular formula is C8H12N2O. The molecule has 0 radical (unpaired) electrons. The molecule has 0 fully saturated rings. The normalized spacial score (nSPS) is 8.36. The molecule has 0 saturated carbocycles. The van der Waals surface area contributed by atoms with Crippen LogP contribution in [0.4, 0.5) is 0 Å². The van der Waals surface area contributed by atoms with Gasteiger partial charge in [0.15, 0.2) is 0 Å². The van der Waals surface area contributed by atoms with Crippen LogP contribution < -0.4 is 0 Å². The van der Waals surface area contributed by atoms with E-state index in [9.17, 15) is 4.79 Å². The van der Waals surface area contributed by atoms with E-state index in [2.05, 4.69) is 6.58 Å². The summed E-state index contributed by atoms with van der Waals surface area (Å²) in [4.78, 5) is 12.6. The summed E-state index contributed by atoms with van der Waals surface area (Å²) in [6.07, 6.45) is 1.61. The Balaban J connectivity index is 3.93. The maximum absolute atomic E-state index is 11.0. The molecule has 0 spiro atoms. The minimum absolute atomic E-state index is 0.0400. The summed E-state index contributed by atoms with van der Waals surface area (Å²) >= 11 is 0. The van der Waals surface area contributed by atoms with E-state index in [4.69, 9.17) is 5.26 Å². The average molecular weight is 152 g/mol. The molecule has 0 N–H and O–H groups in total. The van der Waals surface area contributed by atoms with Crippen molar-refractivity contribution in [3.05, 3.63) is 12.7 Å². The van der Waals surface area contributed by atoms with Crippen LogP contribution in [0, 0.1) is 11.3 Å².